The molecule has 1 unspecified atom stereocenters. The quantitative estimate of drug-likeness (QED) is 0.0713. The third kappa shape index (κ3) is 13.4. The molecule has 0 spiro atoms. The molecular formula is C49H60N8O11S. The minimum atomic E-state index is -1.29. The lowest BCUT2D eigenvalue weighted by Gasteiger charge is -2.34. The van der Waals surface area contributed by atoms with Gasteiger partial charge in [-0.25, -0.2) is 9.19 Å². The van der Waals surface area contributed by atoms with E-state index in [1.807, 2.05) is 13.8 Å². The van der Waals surface area contributed by atoms with Crippen molar-refractivity contribution < 1.29 is 51.2 Å². The summed E-state index contributed by atoms with van der Waals surface area (Å²) < 4.78 is 44.7. The molecule has 368 valence electrons. The summed E-state index contributed by atoms with van der Waals surface area (Å²) in [7, 11) is 1.79. The number of hydrogen-bond acceptors (Lipinski definition) is 17. The standard InChI is InChI=1S/C24H28N4O5.C15H13N3O4S.C10H19NO2/c1-3-31-22(30)24(10-5-4-6-11-24)15-27-23-28-18-8-7-16(14-20(18)33-23)32-17-9-12-26-19(13-17)21(29)25-2;1-16-14(19)12-7-10(5-6-17-12)21-9-3-4-11-13(8-9)22-15(18-11)23(2)20;1-2-13-9(12)10(8-11)6-4-3-5-7-10/h7-9,12-14H,3-6,10-11,15H2,1-2H3,(H,25,29)(H,27,28);3-8H,1-2H3,(H,16,19);2-8,11H2,1H3. The van der Waals surface area contributed by atoms with Gasteiger partial charge in [0.2, 0.25) is 0 Å². The Balaban J connectivity index is 0.000000188. The number of rotatable bonds is 15. The van der Waals surface area contributed by atoms with E-state index in [0.717, 1.165) is 57.8 Å². The van der Waals surface area contributed by atoms with Crippen LogP contribution in [0, 0.1) is 10.8 Å². The number of nitrogens with zero attached hydrogens (tertiary/aromatic N) is 4. The molecule has 5 N–H and O–H groups in total. The Labute approximate surface area is 402 Å². The number of pyridine rings is 2. The van der Waals surface area contributed by atoms with Crippen LogP contribution in [-0.2, 0) is 29.9 Å². The first kappa shape index (κ1) is 51.5. The summed E-state index contributed by atoms with van der Waals surface area (Å²) in [6, 6.07) is 17.1. The van der Waals surface area contributed by atoms with Crippen LogP contribution in [0.5, 0.6) is 23.0 Å². The van der Waals surface area contributed by atoms with Crippen LogP contribution in [0.15, 0.2) is 87.1 Å². The van der Waals surface area contributed by atoms with Crippen LogP contribution in [0.2, 0.25) is 0 Å². The maximum absolute atomic E-state index is 12.7. The van der Waals surface area contributed by atoms with E-state index in [0.29, 0.717) is 77.5 Å². The van der Waals surface area contributed by atoms with Gasteiger partial charge in [0.05, 0.1) is 24.0 Å². The molecule has 19 nitrogen and oxygen atoms in total. The van der Waals surface area contributed by atoms with Crippen LogP contribution < -0.4 is 31.2 Å². The van der Waals surface area contributed by atoms with E-state index in [1.165, 1.54) is 38.2 Å². The van der Waals surface area contributed by atoms with E-state index in [-0.39, 0.29) is 45.8 Å². The minimum Gasteiger partial charge on any atom is -0.466 e. The molecule has 0 saturated heterocycles. The number of fused-ring (bicyclic) bond motifs is 2. The van der Waals surface area contributed by atoms with Crippen LogP contribution in [0.4, 0.5) is 6.01 Å². The highest BCUT2D eigenvalue weighted by Gasteiger charge is 2.41. The Morgan fingerprint density at radius 1 is 0.652 bits per heavy atom. The fraction of sp³-hybridized carbons (Fsp3) is 0.429. The van der Waals surface area contributed by atoms with Crippen LogP contribution >= 0.6 is 0 Å². The molecule has 0 aliphatic heterocycles. The largest absolute Gasteiger partial charge is 0.466 e. The third-order valence-electron chi connectivity index (χ3n) is 11.8. The summed E-state index contributed by atoms with van der Waals surface area (Å²) in [6.45, 7) is 5.35. The number of benzene rings is 2. The Hall–Kier alpha value is -6.93. The lowest BCUT2D eigenvalue weighted by atomic mass is 9.74. The van der Waals surface area contributed by atoms with Gasteiger partial charge in [0.25, 0.3) is 23.1 Å². The zero-order valence-electron chi connectivity index (χ0n) is 39.6. The van der Waals surface area contributed by atoms with Gasteiger partial charge in [-0.3, -0.25) is 29.1 Å². The molecule has 2 amide bonds. The lowest BCUT2D eigenvalue weighted by molar-refractivity contribution is -0.157. The number of nitrogens with one attached hydrogen (secondary N) is 3. The molecule has 2 aliphatic carbocycles. The van der Waals surface area contributed by atoms with E-state index >= 15 is 0 Å². The summed E-state index contributed by atoms with van der Waals surface area (Å²) >= 11 is 0. The summed E-state index contributed by atoms with van der Waals surface area (Å²) in [5, 5.41) is 8.41. The highest BCUT2D eigenvalue weighted by molar-refractivity contribution is 7.84. The molecule has 4 heterocycles. The topological polar surface area (TPSA) is 262 Å². The number of ether oxygens (including phenoxy) is 4. The average Bonchev–Trinajstić information content (AvgIpc) is 4.00. The zero-order chi connectivity index (χ0) is 49.4. The predicted molar refractivity (Wildman–Crippen MR) is 258 cm³/mol. The van der Waals surface area contributed by atoms with Crippen molar-refractivity contribution in [1.82, 2.24) is 30.6 Å². The van der Waals surface area contributed by atoms with Gasteiger partial charge in [0, 0.05) is 70.1 Å². The second-order valence-electron chi connectivity index (χ2n) is 16.5. The molecular weight excluding hydrogens is 909 g/mol. The Bertz CT molecular complexity index is 2730. The molecule has 0 radical (unpaired) electrons. The number of carbonyl (C=O) groups excluding carboxylic acids is 4. The minimum absolute atomic E-state index is 0.0859. The number of esters is 2. The van der Waals surface area contributed by atoms with E-state index < -0.39 is 16.2 Å². The van der Waals surface area contributed by atoms with Crippen molar-refractivity contribution in [2.75, 3.05) is 52.0 Å². The van der Waals surface area contributed by atoms with E-state index in [1.54, 1.807) is 61.6 Å². The van der Waals surface area contributed by atoms with Crippen molar-refractivity contribution >= 4 is 62.8 Å². The molecule has 2 saturated carbocycles. The molecule has 4 aromatic heterocycles. The summed E-state index contributed by atoms with van der Waals surface area (Å²) in [5.74, 6) is 1.17. The maximum atomic E-state index is 12.7. The fourth-order valence-corrected chi connectivity index (χ4v) is 8.49. The molecule has 2 aromatic carbocycles. The molecule has 8 rings (SSSR count). The number of amides is 2. The van der Waals surface area contributed by atoms with Gasteiger partial charge in [0.1, 0.15) is 56.2 Å². The number of nitrogens with two attached hydrogens (primary N) is 1. The molecule has 2 aliphatic rings. The van der Waals surface area contributed by atoms with E-state index in [9.17, 15) is 23.4 Å². The highest BCUT2D eigenvalue weighted by Crippen LogP contribution is 2.39. The number of aromatic nitrogens is 4. The highest BCUT2D eigenvalue weighted by atomic mass is 32.2. The predicted octanol–water partition coefficient (Wildman–Crippen LogP) is 7.87. The van der Waals surface area contributed by atoms with Crippen molar-refractivity contribution in [2.24, 2.45) is 16.6 Å². The zero-order valence-corrected chi connectivity index (χ0v) is 40.4. The van der Waals surface area contributed by atoms with Crippen LogP contribution in [0.25, 0.3) is 22.2 Å². The van der Waals surface area contributed by atoms with Crippen molar-refractivity contribution in [3.63, 3.8) is 0 Å². The number of hydrogen-bond donors (Lipinski definition) is 4. The normalized spacial score (nSPS) is 15.2. The fourth-order valence-electron chi connectivity index (χ4n) is 8.06. The second-order valence-corrected chi connectivity index (χ2v) is 17.8. The first-order valence-corrected chi connectivity index (χ1v) is 24.6. The molecule has 6 aromatic rings. The number of carbonyl (C=O) groups is 4. The van der Waals surface area contributed by atoms with Crippen molar-refractivity contribution in [2.45, 2.75) is 83.3 Å². The molecule has 1 atom stereocenters. The maximum Gasteiger partial charge on any atom is 0.313 e. The molecule has 2 fully saturated rings. The average molecular weight is 969 g/mol. The van der Waals surface area contributed by atoms with E-state index in [2.05, 4.69) is 35.9 Å². The van der Waals surface area contributed by atoms with Crippen molar-refractivity contribution in [3.05, 3.63) is 84.4 Å². The SMILES string of the molecule is CCOC(=O)C1(CN)CCCCC1.CCOC(=O)C1(CNc2nc3ccc(Oc4ccnc(C(=O)NC)c4)cc3o2)CCCCC1.CNC(=O)c1cc(Oc2ccc3nc(S(C)=O)oc3c2)ccn1. The first-order chi connectivity index (χ1) is 33.3. The summed E-state index contributed by atoms with van der Waals surface area (Å²) in [4.78, 5) is 64.3. The Morgan fingerprint density at radius 3 is 1.59 bits per heavy atom. The van der Waals surface area contributed by atoms with Crippen molar-refractivity contribution in [3.8, 4) is 23.0 Å². The van der Waals surface area contributed by atoms with Crippen molar-refractivity contribution in [1.29, 1.82) is 0 Å². The first-order valence-electron chi connectivity index (χ1n) is 23.0. The molecule has 69 heavy (non-hydrogen) atoms. The van der Waals surface area contributed by atoms with Crippen LogP contribution in [0.1, 0.15) is 99.0 Å². The third-order valence-corrected chi connectivity index (χ3v) is 12.5. The van der Waals surface area contributed by atoms with Gasteiger partial charge >= 0.3 is 11.9 Å². The Kier molecular flexibility index (Phi) is 18.2. The van der Waals surface area contributed by atoms with Gasteiger partial charge < -0.3 is 49.5 Å². The van der Waals surface area contributed by atoms with Gasteiger partial charge in [-0.15, -0.1) is 0 Å². The van der Waals surface area contributed by atoms with E-state index in [4.69, 9.17) is 33.5 Å². The summed E-state index contributed by atoms with van der Waals surface area (Å²) in [6.07, 6.45) is 14.5. The second kappa shape index (κ2) is 24.4. The number of anilines is 1. The molecule has 20 heteroatoms. The summed E-state index contributed by atoms with van der Waals surface area (Å²) in [5.41, 5.74) is 7.58. The van der Waals surface area contributed by atoms with Gasteiger partial charge in [-0.05, 0) is 75.9 Å². The van der Waals surface area contributed by atoms with Gasteiger partial charge in [0.15, 0.2) is 11.2 Å². The van der Waals surface area contributed by atoms with Gasteiger partial charge in [-0.1, -0.05) is 38.5 Å². The monoisotopic (exact) mass is 968 g/mol. The van der Waals surface area contributed by atoms with Gasteiger partial charge in [-0.2, -0.15) is 4.98 Å². The smallest absolute Gasteiger partial charge is 0.313 e. The van der Waals surface area contributed by atoms with Crippen LogP contribution in [0.3, 0.4) is 0 Å². The number of oxazole rings is 2. The lowest BCUT2D eigenvalue weighted by Crippen LogP contribution is -2.41. The molecule has 0 bridgehead atoms. The Morgan fingerprint density at radius 2 is 1.12 bits per heavy atom. The van der Waals surface area contributed by atoms with Crippen LogP contribution in [-0.4, -0.2) is 94.6 Å².